The highest BCUT2D eigenvalue weighted by atomic mass is 16.3. The molecule has 6 unspecified atom stereocenters. The fraction of sp³-hybridized carbons (Fsp3) is 0.844. The Balaban J connectivity index is 1.05. The first kappa shape index (κ1) is 25.5. The van der Waals surface area contributed by atoms with Crippen molar-refractivity contribution in [3.8, 4) is 0 Å². The third kappa shape index (κ3) is 3.19. The molecule has 1 aromatic rings. The van der Waals surface area contributed by atoms with Crippen molar-refractivity contribution in [1.29, 1.82) is 0 Å². The zero-order chi connectivity index (χ0) is 26.2. The van der Waals surface area contributed by atoms with Crippen molar-refractivity contribution in [2.24, 2.45) is 50.8 Å². The standard InChI is InChI=1S/C32H49BN4O/c1-3-23-18-31-27(30(31)13-10-25(36-38)17-26(23)30)11-12-29(2)24(9-14-32(29,31)34)20-33-19-22-7-8-28(35-21-22)37-15-5-4-6-16-37/h7-8,21,23-27,33H,3-6,9-20,34H2,1-2H3/t23-,24?,25+,26?,27?,29?,30?,31?,32-/m0/s1. The van der Waals surface area contributed by atoms with Gasteiger partial charge in [-0.2, -0.15) is 4.91 Å². The van der Waals surface area contributed by atoms with Gasteiger partial charge in [-0.25, -0.2) is 4.98 Å². The molecule has 6 fully saturated rings. The zero-order valence-corrected chi connectivity index (χ0v) is 24.0. The first-order valence-electron chi connectivity index (χ1n) is 16.2. The molecular formula is C32H49BN4O. The molecular weight excluding hydrogens is 467 g/mol. The summed E-state index contributed by atoms with van der Waals surface area (Å²) in [5, 5.41) is 3.55. The summed E-state index contributed by atoms with van der Waals surface area (Å²) in [6.45, 7) is 7.30. The zero-order valence-electron chi connectivity index (χ0n) is 24.0. The maximum absolute atomic E-state index is 11.5. The molecule has 1 aliphatic heterocycles. The van der Waals surface area contributed by atoms with Crippen molar-refractivity contribution in [1.82, 2.24) is 4.98 Å². The summed E-state index contributed by atoms with van der Waals surface area (Å²) in [6.07, 6.45) is 19.6. The van der Waals surface area contributed by atoms with Gasteiger partial charge in [0.05, 0.1) is 6.04 Å². The van der Waals surface area contributed by atoms with Crippen LogP contribution in [0.5, 0.6) is 0 Å². The average molecular weight is 517 g/mol. The van der Waals surface area contributed by atoms with E-state index in [0.717, 1.165) is 55.8 Å². The quantitative estimate of drug-likeness (QED) is 0.341. The summed E-state index contributed by atoms with van der Waals surface area (Å²) in [5.41, 5.74) is 10.2. The molecule has 6 heteroatoms. The Hall–Kier alpha value is -1.43. The van der Waals surface area contributed by atoms with Crippen LogP contribution in [0.2, 0.25) is 6.32 Å². The van der Waals surface area contributed by atoms with Crippen molar-refractivity contribution in [3.63, 3.8) is 0 Å². The van der Waals surface area contributed by atoms with Crippen LogP contribution in [0.3, 0.4) is 0 Å². The number of hydrogen-bond acceptors (Lipinski definition) is 5. The van der Waals surface area contributed by atoms with E-state index in [-0.39, 0.29) is 17.0 Å². The van der Waals surface area contributed by atoms with Crippen LogP contribution in [0.4, 0.5) is 5.82 Å². The summed E-state index contributed by atoms with van der Waals surface area (Å²) in [7, 11) is 1.25. The van der Waals surface area contributed by atoms with Crippen LogP contribution in [-0.4, -0.2) is 36.9 Å². The molecule has 2 spiro atoms. The van der Waals surface area contributed by atoms with Gasteiger partial charge >= 0.3 is 0 Å². The van der Waals surface area contributed by atoms with E-state index in [4.69, 9.17) is 10.7 Å². The summed E-state index contributed by atoms with van der Waals surface area (Å²) in [5.74, 6) is 4.16. The average Bonchev–Trinajstić information content (AvgIpc) is 3.23. The molecule has 0 radical (unpaired) electrons. The Labute approximate surface area is 230 Å². The lowest BCUT2D eigenvalue weighted by Gasteiger charge is -2.54. The molecule has 5 saturated carbocycles. The van der Waals surface area contributed by atoms with Gasteiger partial charge in [-0.3, -0.25) is 0 Å². The molecule has 1 aromatic heterocycles. The first-order chi connectivity index (χ1) is 18.4. The van der Waals surface area contributed by atoms with Crippen molar-refractivity contribution < 1.29 is 0 Å². The SMILES string of the molecule is CC[C@H]1CC23C(CCC4(C)C(CBCc5ccc(N6CCCCC6)nc5)CC[C@]42N)C32CC[C@@H](N=O)CC12. The number of aromatic nitrogens is 1. The normalized spacial score (nSPS) is 47.0. The lowest BCUT2D eigenvalue weighted by atomic mass is 9.51. The van der Waals surface area contributed by atoms with Crippen LogP contribution in [0.15, 0.2) is 23.5 Å². The third-order valence-electron chi connectivity index (χ3n) is 13.9. The molecule has 5 nitrogen and oxygen atoms in total. The number of piperidine rings is 1. The molecule has 0 aromatic carbocycles. The van der Waals surface area contributed by atoms with Crippen molar-refractivity contribution in [2.75, 3.05) is 18.0 Å². The van der Waals surface area contributed by atoms with E-state index < -0.39 is 0 Å². The van der Waals surface area contributed by atoms with Gasteiger partial charge in [0.1, 0.15) is 13.1 Å². The Kier molecular flexibility index (Phi) is 6.08. The number of rotatable bonds is 7. The second-order valence-corrected chi connectivity index (χ2v) is 14.7. The number of nitroso groups, excluding NO2 is 1. The predicted molar refractivity (Wildman–Crippen MR) is 157 cm³/mol. The van der Waals surface area contributed by atoms with Gasteiger partial charge in [0.25, 0.3) is 0 Å². The molecule has 2 N–H and O–H groups in total. The highest BCUT2D eigenvalue weighted by Crippen LogP contribution is 2.93. The minimum absolute atomic E-state index is 0.0190. The van der Waals surface area contributed by atoms with Gasteiger partial charge in [0, 0.05) is 24.8 Å². The summed E-state index contributed by atoms with van der Waals surface area (Å²) in [6, 6.07) is 4.63. The minimum Gasteiger partial charge on any atom is -0.357 e. The topological polar surface area (TPSA) is 71.6 Å². The van der Waals surface area contributed by atoms with E-state index in [9.17, 15) is 4.91 Å². The molecule has 1 saturated heterocycles. The van der Waals surface area contributed by atoms with Gasteiger partial charge < -0.3 is 10.6 Å². The molecule has 9 atom stereocenters. The summed E-state index contributed by atoms with van der Waals surface area (Å²) in [4.78, 5) is 18.8. The van der Waals surface area contributed by atoms with Crippen LogP contribution >= 0.6 is 0 Å². The minimum atomic E-state index is -0.0190. The van der Waals surface area contributed by atoms with E-state index in [0.29, 0.717) is 16.7 Å². The number of anilines is 1. The lowest BCUT2D eigenvalue weighted by molar-refractivity contribution is 0.00563. The molecule has 2 heterocycles. The van der Waals surface area contributed by atoms with Crippen molar-refractivity contribution in [2.45, 2.75) is 115 Å². The Morgan fingerprint density at radius 3 is 2.71 bits per heavy atom. The molecule has 5 aliphatic carbocycles. The summed E-state index contributed by atoms with van der Waals surface area (Å²) >= 11 is 0. The van der Waals surface area contributed by atoms with Gasteiger partial charge in [-0.05, 0) is 122 Å². The number of hydrogen-bond donors (Lipinski definition) is 1. The molecule has 0 bridgehead atoms. The van der Waals surface area contributed by atoms with Crippen LogP contribution in [0, 0.1) is 44.8 Å². The second kappa shape index (κ2) is 9.04. The number of nitrogens with two attached hydrogens (primary N) is 1. The molecule has 7 rings (SSSR count). The van der Waals surface area contributed by atoms with Crippen LogP contribution in [-0.2, 0) is 6.32 Å². The Morgan fingerprint density at radius 2 is 1.97 bits per heavy atom. The first-order valence-corrected chi connectivity index (χ1v) is 16.2. The van der Waals surface area contributed by atoms with Crippen molar-refractivity contribution in [3.05, 3.63) is 28.8 Å². The fourth-order valence-corrected chi connectivity index (χ4v) is 12.2. The smallest absolute Gasteiger partial charge is 0.128 e. The van der Waals surface area contributed by atoms with E-state index in [2.05, 4.69) is 42.3 Å². The molecule has 206 valence electrons. The van der Waals surface area contributed by atoms with Crippen molar-refractivity contribution >= 4 is 13.1 Å². The maximum atomic E-state index is 11.5. The predicted octanol–water partition coefficient (Wildman–Crippen LogP) is 6.30. The monoisotopic (exact) mass is 516 g/mol. The van der Waals surface area contributed by atoms with Crippen LogP contribution in [0.25, 0.3) is 0 Å². The fourth-order valence-electron chi connectivity index (χ4n) is 12.2. The van der Waals surface area contributed by atoms with Crippen LogP contribution < -0.4 is 10.6 Å². The Bertz CT molecular complexity index is 1060. The second-order valence-electron chi connectivity index (χ2n) is 14.7. The number of fused-ring (bicyclic) bond motifs is 1. The highest BCUT2D eigenvalue weighted by molar-refractivity contribution is 6.35. The number of nitrogens with zero attached hydrogens (tertiary/aromatic N) is 3. The third-order valence-corrected chi connectivity index (χ3v) is 13.9. The maximum Gasteiger partial charge on any atom is 0.128 e. The largest absolute Gasteiger partial charge is 0.357 e. The molecule has 6 aliphatic rings. The van der Waals surface area contributed by atoms with Gasteiger partial charge in [0.2, 0.25) is 0 Å². The summed E-state index contributed by atoms with van der Waals surface area (Å²) < 4.78 is 0. The van der Waals surface area contributed by atoms with E-state index >= 15 is 0 Å². The van der Waals surface area contributed by atoms with E-state index in [1.165, 1.54) is 83.4 Å². The molecule has 0 amide bonds. The molecule has 38 heavy (non-hydrogen) atoms. The van der Waals surface area contributed by atoms with Gasteiger partial charge in [0.15, 0.2) is 0 Å². The highest BCUT2D eigenvalue weighted by Gasteiger charge is 2.91. The van der Waals surface area contributed by atoms with Crippen LogP contribution in [0.1, 0.15) is 96.5 Å². The number of pyridine rings is 1. The lowest BCUT2D eigenvalue weighted by Crippen LogP contribution is -2.62. The Morgan fingerprint density at radius 1 is 1.13 bits per heavy atom. The van der Waals surface area contributed by atoms with E-state index in [1.54, 1.807) is 0 Å². The van der Waals surface area contributed by atoms with Gasteiger partial charge in [-0.15, -0.1) is 0 Å². The van der Waals surface area contributed by atoms with E-state index in [1.807, 2.05) is 0 Å². The van der Waals surface area contributed by atoms with Gasteiger partial charge in [-0.1, -0.05) is 44.2 Å².